The molecule has 0 spiro atoms. The van der Waals surface area contributed by atoms with Crippen LogP contribution in [-0.4, -0.2) is 23.1 Å². The summed E-state index contributed by atoms with van der Waals surface area (Å²) in [5.41, 5.74) is 1.75. The van der Waals surface area contributed by atoms with Gasteiger partial charge in [0, 0.05) is 10.7 Å². The number of carboxylic acid groups (broad SMARTS) is 1. The van der Waals surface area contributed by atoms with Gasteiger partial charge in [0.25, 0.3) is 5.91 Å². The van der Waals surface area contributed by atoms with E-state index in [0.29, 0.717) is 27.6 Å². The number of nitriles is 1. The van der Waals surface area contributed by atoms with Crippen molar-refractivity contribution in [3.63, 3.8) is 0 Å². The first-order chi connectivity index (χ1) is 12.8. The lowest BCUT2D eigenvalue weighted by Gasteiger charge is -2.10. The van der Waals surface area contributed by atoms with E-state index in [1.165, 1.54) is 13.0 Å². The third-order valence-electron chi connectivity index (χ3n) is 3.73. The van der Waals surface area contributed by atoms with Gasteiger partial charge in [-0.3, -0.25) is 4.79 Å². The average Bonchev–Trinajstić information content (AvgIpc) is 2.64. The van der Waals surface area contributed by atoms with Crippen molar-refractivity contribution in [3.05, 3.63) is 64.2 Å². The summed E-state index contributed by atoms with van der Waals surface area (Å²) >= 11 is 6.03. The minimum Gasteiger partial charge on any atom is -0.479 e. The molecule has 2 aromatic carbocycles. The molecule has 6 nitrogen and oxygen atoms in total. The predicted molar refractivity (Wildman–Crippen MR) is 103 cm³/mol. The van der Waals surface area contributed by atoms with Crippen molar-refractivity contribution >= 4 is 35.2 Å². The van der Waals surface area contributed by atoms with E-state index in [-0.39, 0.29) is 5.57 Å². The van der Waals surface area contributed by atoms with Crippen molar-refractivity contribution in [2.75, 3.05) is 5.32 Å². The second-order valence-corrected chi connectivity index (χ2v) is 6.11. The van der Waals surface area contributed by atoms with Crippen molar-refractivity contribution in [2.24, 2.45) is 0 Å². The molecule has 0 unspecified atom stereocenters. The van der Waals surface area contributed by atoms with E-state index in [4.69, 9.17) is 21.4 Å². The Hall–Kier alpha value is -3.30. The SMILES string of the molecule is Cc1c(Cl)cccc1NC(=O)/C(C#N)=C\c1ccc(O[C@@H](C)C(=O)O)cc1. The monoisotopic (exact) mass is 384 g/mol. The average molecular weight is 385 g/mol. The molecule has 0 fully saturated rings. The highest BCUT2D eigenvalue weighted by Crippen LogP contribution is 2.23. The van der Waals surface area contributed by atoms with Crippen LogP contribution in [0.2, 0.25) is 5.02 Å². The molecule has 0 bridgehead atoms. The molecule has 0 radical (unpaired) electrons. The van der Waals surface area contributed by atoms with Gasteiger partial charge in [-0.25, -0.2) is 4.79 Å². The molecule has 2 N–H and O–H groups in total. The van der Waals surface area contributed by atoms with Crippen molar-refractivity contribution in [1.82, 2.24) is 0 Å². The lowest BCUT2D eigenvalue weighted by atomic mass is 10.1. The zero-order valence-electron chi connectivity index (χ0n) is 14.7. The molecule has 1 amide bonds. The third-order valence-corrected chi connectivity index (χ3v) is 4.14. The zero-order chi connectivity index (χ0) is 20.0. The molecular formula is C20H17ClN2O4. The largest absolute Gasteiger partial charge is 0.479 e. The van der Waals surface area contributed by atoms with Gasteiger partial charge in [0.05, 0.1) is 0 Å². The summed E-state index contributed by atoms with van der Waals surface area (Å²) in [6.45, 7) is 3.19. The molecule has 0 aliphatic heterocycles. The van der Waals surface area contributed by atoms with Gasteiger partial charge in [0.15, 0.2) is 6.10 Å². The number of carbonyl (C=O) groups is 2. The summed E-state index contributed by atoms with van der Waals surface area (Å²) in [6.07, 6.45) is 0.451. The number of hydrogen-bond acceptors (Lipinski definition) is 4. The molecule has 1 atom stereocenters. The van der Waals surface area contributed by atoms with E-state index in [1.54, 1.807) is 49.4 Å². The minimum atomic E-state index is -1.07. The number of carbonyl (C=O) groups excluding carboxylic acids is 1. The number of halogens is 1. The Morgan fingerprint density at radius 1 is 1.26 bits per heavy atom. The van der Waals surface area contributed by atoms with Crippen molar-refractivity contribution in [1.29, 1.82) is 5.26 Å². The van der Waals surface area contributed by atoms with E-state index < -0.39 is 18.0 Å². The number of anilines is 1. The lowest BCUT2D eigenvalue weighted by molar-refractivity contribution is -0.144. The number of nitrogens with zero attached hydrogens (tertiary/aromatic N) is 1. The maximum Gasteiger partial charge on any atom is 0.344 e. The number of aliphatic carboxylic acids is 1. The highest BCUT2D eigenvalue weighted by Gasteiger charge is 2.13. The summed E-state index contributed by atoms with van der Waals surface area (Å²) in [5.74, 6) is -1.25. The third kappa shape index (κ3) is 5.33. The Labute approximate surface area is 161 Å². The summed E-state index contributed by atoms with van der Waals surface area (Å²) < 4.78 is 5.24. The quantitative estimate of drug-likeness (QED) is 0.578. The van der Waals surface area contributed by atoms with E-state index in [0.717, 1.165) is 0 Å². The Bertz CT molecular complexity index is 930. The standard InChI is InChI=1S/C20H17ClN2O4/c1-12-17(21)4-3-5-18(12)23-19(24)15(11-22)10-14-6-8-16(9-7-14)27-13(2)20(25)26/h3-10,13H,1-2H3,(H,23,24)(H,25,26)/b15-10-/t13-/m0/s1. The van der Waals surface area contributed by atoms with Crippen molar-refractivity contribution in [2.45, 2.75) is 20.0 Å². The van der Waals surface area contributed by atoms with E-state index >= 15 is 0 Å². The number of carboxylic acids is 1. The number of amides is 1. The topological polar surface area (TPSA) is 99.4 Å². The van der Waals surface area contributed by atoms with E-state index in [2.05, 4.69) is 5.32 Å². The minimum absolute atomic E-state index is 0.0815. The second-order valence-electron chi connectivity index (χ2n) is 5.70. The number of rotatable bonds is 6. The molecule has 27 heavy (non-hydrogen) atoms. The van der Waals surface area contributed by atoms with Crippen LogP contribution in [0.3, 0.4) is 0 Å². The normalized spacial score (nSPS) is 12.0. The molecule has 0 saturated heterocycles. The molecule has 0 aromatic heterocycles. The Morgan fingerprint density at radius 2 is 1.93 bits per heavy atom. The maximum absolute atomic E-state index is 12.4. The molecule has 7 heteroatoms. The Kier molecular flexibility index (Phi) is 6.58. The molecular weight excluding hydrogens is 368 g/mol. The fourth-order valence-electron chi connectivity index (χ4n) is 2.14. The number of nitrogens with one attached hydrogen (secondary N) is 1. The van der Waals surface area contributed by atoms with Crippen molar-refractivity contribution < 1.29 is 19.4 Å². The van der Waals surface area contributed by atoms with Crippen LogP contribution < -0.4 is 10.1 Å². The van der Waals surface area contributed by atoms with Crippen LogP contribution >= 0.6 is 11.6 Å². The first kappa shape index (κ1) is 20.0. The maximum atomic E-state index is 12.4. The number of ether oxygens (including phenoxy) is 1. The van der Waals surface area contributed by atoms with Gasteiger partial charge in [-0.2, -0.15) is 5.26 Å². The molecule has 0 aliphatic rings. The number of benzene rings is 2. The molecule has 138 valence electrons. The first-order valence-corrected chi connectivity index (χ1v) is 8.37. The van der Waals surface area contributed by atoms with E-state index in [9.17, 15) is 14.9 Å². The molecule has 2 rings (SSSR count). The van der Waals surface area contributed by atoms with Crippen LogP contribution in [0.4, 0.5) is 5.69 Å². The van der Waals surface area contributed by atoms with Gasteiger partial charge >= 0.3 is 5.97 Å². The fourth-order valence-corrected chi connectivity index (χ4v) is 2.32. The predicted octanol–water partition coefficient (Wildman–Crippen LogP) is 4.05. The fraction of sp³-hybridized carbons (Fsp3) is 0.150. The highest BCUT2D eigenvalue weighted by molar-refractivity contribution is 6.31. The Morgan fingerprint density at radius 3 is 2.52 bits per heavy atom. The highest BCUT2D eigenvalue weighted by atomic mass is 35.5. The van der Waals surface area contributed by atoms with Crippen LogP contribution in [0.25, 0.3) is 6.08 Å². The van der Waals surface area contributed by atoms with Crippen LogP contribution in [0.1, 0.15) is 18.1 Å². The smallest absolute Gasteiger partial charge is 0.344 e. The molecule has 0 saturated carbocycles. The van der Waals surface area contributed by atoms with E-state index in [1.807, 2.05) is 6.07 Å². The lowest BCUT2D eigenvalue weighted by Crippen LogP contribution is -2.22. The van der Waals surface area contributed by atoms with Crippen molar-refractivity contribution in [3.8, 4) is 11.8 Å². The van der Waals surface area contributed by atoms with Gasteiger partial charge in [-0.15, -0.1) is 0 Å². The van der Waals surface area contributed by atoms with Crippen LogP contribution in [0.15, 0.2) is 48.0 Å². The Balaban J connectivity index is 2.15. The summed E-state index contributed by atoms with van der Waals surface area (Å²) in [7, 11) is 0. The van der Waals surface area contributed by atoms with Crippen LogP contribution in [0, 0.1) is 18.3 Å². The van der Waals surface area contributed by atoms with Crippen LogP contribution in [-0.2, 0) is 9.59 Å². The first-order valence-electron chi connectivity index (χ1n) is 7.99. The van der Waals surface area contributed by atoms with Gasteiger partial charge in [0.2, 0.25) is 0 Å². The van der Waals surface area contributed by atoms with Gasteiger partial charge in [0.1, 0.15) is 17.4 Å². The number of hydrogen-bond donors (Lipinski definition) is 2. The van der Waals surface area contributed by atoms with Gasteiger partial charge in [-0.1, -0.05) is 29.8 Å². The summed E-state index contributed by atoms with van der Waals surface area (Å²) in [6, 6.07) is 13.4. The molecule has 0 aliphatic carbocycles. The summed E-state index contributed by atoms with van der Waals surface area (Å²) in [5, 5.41) is 21.3. The molecule has 2 aromatic rings. The van der Waals surface area contributed by atoms with Gasteiger partial charge in [-0.05, 0) is 55.3 Å². The molecule has 0 heterocycles. The van der Waals surface area contributed by atoms with Gasteiger partial charge < -0.3 is 15.2 Å². The summed E-state index contributed by atoms with van der Waals surface area (Å²) in [4.78, 5) is 23.2. The zero-order valence-corrected chi connectivity index (χ0v) is 15.4. The van der Waals surface area contributed by atoms with Crippen LogP contribution in [0.5, 0.6) is 5.75 Å². The second kappa shape index (κ2) is 8.88.